The molecule has 0 aliphatic carbocycles. The van der Waals surface area contributed by atoms with Crippen molar-refractivity contribution in [3.05, 3.63) is 83.2 Å². The van der Waals surface area contributed by atoms with E-state index < -0.39 is 0 Å². The van der Waals surface area contributed by atoms with Gasteiger partial charge < -0.3 is 4.74 Å². The molecule has 0 aliphatic rings. The Labute approximate surface area is 186 Å². The molecule has 0 saturated heterocycles. The van der Waals surface area contributed by atoms with Crippen LogP contribution in [0.3, 0.4) is 0 Å². The number of thiazole rings is 1. The zero-order valence-corrected chi connectivity index (χ0v) is 18.8. The second-order valence-electron chi connectivity index (χ2n) is 7.44. The van der Waals surface area contributed by atoms with Gasteiger partial charge in [-0.05, 0) is 53.8 Å². The number of fused-ring (bicyclic) bond motifs is 1. The number of ether oxygens (including phenoxy) is 1. The van der Waals surface area contributed by atoms with Gasteiger partial charge >= 0.3 is 0 Å². The van der Waals surface area contributed by atoms with E-state index in [1.165, 1.54) is 5.56 Å². The Bertz CT molecular complexity index is 1200. The lowest BCUT2D eigenvalue weighted by Gasteiger charge is -2.20. The zero-order chi connectivity index (χ0) is 21.8. The van der Waals surface area contributed by atoms with Gasteiger partial charge in [0.15, 0.2) is 5.13 Å². The first kappa shape index (κ1) is 21.0. The molecule has 0 radical (unpaired) electrons. The standard InChI is InChI=1S/C25H25N3O2S/c1-4-20-8-5-9-22-24(20)27-25(31-22)28(16-19-7-6-12-26-15-19)23(29)14-18-10-11-21(30-3)17(2)13-18/h5-13,15H,4,14,16H2,1-3H3. The van der Waals surface area contributed by atoms with Crippen LogP contribution in [-0.4, -0.2) is 23.0 Å². The Morgan fingerprint density at radius 3 is 2.71 bits per heavy atom. The Kier molecular flexibility index (Phi) is 6.28. The Hall–Kier alpha value is -3.25. The first-order valence-electron chi connectivity index (χ1n) is 10.3. The van der Waals surface area contributed by atoms with Crippen LogP contribution in [0.1, 0.15) is 29.2 Å². The predicted molar refractivity (Wildman–Crippen MR) is 126 cm³/mol. The lowest BCUT2D eigenvalue weighted by Crippen LogP contribution is -2.31. The van der Waals surface area contributed by atoms with E-state index in [0.717, 1.165) is 44.2 Å². The number of methoxy groups -OCH3 is 1. The maximum absolute atomic E-state index is 13.5. The summed E-state index contributed by atoms with van der Waals surface area (Å²) in [7, 11) is 1.65. The van der Waals surface area contributed by atoms with Crippen molar-refractivity contribution in [1.29, 1.82) is 0 Å². The van der Waals surface area contributed by atoms with Crippen LogP contribution in [0.4, 0.5) is 5.13 Å². The normalized spacial score (nSPS) is 10.9. The molecule has 0 aliphatic heterocycles. The van der Waals surface area contributed by atoms with E-state index >= 15 is 0 Å². The van der Waals surface area contributed by atoms with Crippen LogP contribution in [0.15, 0.2) is 60.9 Å². The molecule has 0 spiro atoms. The minimum atomic E-state index is 0.00512. The maximum atomic E-state index is 13.5. The summed E-state index contributed by atoms with van der Waals surface area (Å²) in [6.07, 6.45) is 4.73. The van der Waals surface area contributed by atoms with Crippen LogP contribution in [-0.2, 0) is 24.2 Å². The minimum absolute atomic E-state index is 0.00512. The third kappa shape index (κ3) is 4.59. The summed E-state index contributed by atoms with van der Waals surface area (Å²) >= 11 is 1.56. The van der Waals surface area contributed by atoms with Crippen LogP contribution >= 0.6 is 11.3 Å². The zero-order valence-electron chi connectivity index (χ0n) is 18.0. The third-order valence-corrected chi connectivity index (χ3v) is 6.33. The van der Waals surface area contributed by atoms with Gasteiger partial charge in [0.25, 0.3) is 0 Å². The fourth-order valence-corrected chi connectivity index (χ4v) is 4.68. The minimum Gasteiger partial charge on any atom is -0.496 e. The molecule has 2 heterocycles. The van der Waals surface area contributed by atoms with E-state index in [0.29, 0.717) is 13.0 Å². The van der Waals surface area contributed by atoms with E-state index in [2.05, 4.69) is 30.1 Å². The van der Waals surface area contributed by atoms with Gasteiger partial charge in [0, 0.05) is 12.4 Å². The van der Waals surface area contributed by atoms with Gasteiger partial charge in [0.1, 0.15) is 5.75 Å². The van der Waals surface area contributed by atoms with Crippen molar-refractivity contribution in [1.82, 2.24) is 9.97 Å². The molecule has 4 aromatic rings. The molecule has 0 fully saturated rings. The second-order valence-corrected chi connectivity index (χ2v) is 8.44. The summed E-state index contributed by atoms with van der Waals surface area (Å²) in [6, 6.07) is 15.9. The summed E-state index contributed by atoms with van der Waals surface area (Å²) in [5.41, 5.74) is 5.11. The lowest BCUT2D eigenvalue weighted by molar-refractivity contribution is -0.118. The van der Waals surface area contributed by atoms with Crippen molar-refractivity contribution in [3.8, 4) is 5.75 Å². The second kappa shape index (κ2) is 9.27. The number of carbonyl (C=O) groups is 1. The number of hydrogen-bond acceptors (Lipinski definition) is 5. The van der Waals surface area contributed by atoms with Crippen molar-refractivity contribution in [2.45, 2.75) is 33.2 Å². The first-order chi connectivity index (χ1) is 15.1. The Morgan fingerprint density at radius 2 is 2.00 bits per heavy atom. The molecule has 6 heteroatoms. The van der Waals surface area contributed by atoms with E-state index in [-0.39, 0.29) is 5.91 Å². The fourth-order valence-electron chi connectivity index (χ4n) is 3.65. The highest BCUT2D eigenvalue weighted by Gasteiger charge is 2.21. The highest BCUT2D eigenvalue weighted by molar-refractivity contribution is 7.22. The number of aryl methyl sites for hydroxylation is 2. The van der Waals surface area contributed by atoms with Crippen molar-refractivity contribution >= 4 is 32.6 Å². The number of hydrogen-bond donors (Lipinski definition) is 0. The number of nitrogens with zero attached hydrogens (tertiary/aromatic N) is 3. The number of carbonyl (C=O) groups excluding carboxylic acids is 1. The van der Waals surface area contributed by atoms with Crippen molar-refractivity contribution in [3.63, 3.8) is 0 Å². The fraction of sp³-hybridized carbons (Fsp3) is 0.240. The number of pyridine rings is 1. The molecule has 0 atom stereocenters. The van der Waals surface area contributed by atoms with Gasteiger partial charge in [-0.25, -0.2) is 4.98 Å². The van der Waals surface area contributed by atoms with Crippen LogP contribution in [0.5, 0.6) is 5.75 Å². The maximum Gasteiger partial charge on any atom is 0.233 e. The Morgan fingerprint density at radius 1 is 1.13 bits per heavy atom. The summed E-state index contributed by atoms with van der Waals surface area (Å²) < 4.78 is 6.44. The van der Waals surface area contributed by atoms with E-state index in [9.17, 15) is 4.79 Å². The van der Waals surface area contributed by atoms with E-state index in [4.69, 9.17) is 9.72 Å². The van der Waals surface area contributed by atoms with Crippen LogP contribution in [0.25, 0.3) is 10.2 Å². The van der Waals surface area contributed by atoms with Crippen LogP contribution < -0.4 is 9.64 Å². The highest BCUT2D eigenvalue weighted by Crippen LogP contribution is 2.32. The first-order valence-corrected chi connectivity index (χ1v) is 11.1. The van der Waals surface area contributed by atoms with Gasteiger partial charge in [-0.2, -0.15) is 0 Å². The largest absolute Gasteiger partial charge is 0.496 e. The molecule has 0 unspecified atom stereocenters. The topological polar surface area (TPSA) is 55.3 Å². The molecule has 4 rings (SSSR count). The molecule has 0 bridgehead atoms. The monoisotopic (exact) mass is 431 g/mol. The molecule has 2 aromatic heterocycles. The molecular weight excluding hydrogens is 406 g/mol. The SMILES string of the molecule is CCc1cccc2sc(N(Cc3cccnc3)C(=O)Cc3ccc(OC)c(C)c3)nc12. The predicted octanol–water partition coefficient (Wildman–Crippen LogP) is 5.35. The highest BCUT2D eigenvalue weighted by atomic mass is 32.1. The summed E-state index contributed by atoms with van der Waals surface area (Å²) in [5.74, 6) is 0.826. The molecule has 31 heavy (non-hydrogen) atoms. The summed E-state index contributed by atoms with van der Waals surface area (Å²) in [6.45, 7) is 4.54. The van der Waals surface area contributed by atoms with E-state index in [1.54, 1.807) is 35.7 Å². The van der Waals surface area contributed by atoms with Gasteiger partial charge in [0.05, 0.1) is 30.3 Å². The summed E-state index contributed by atoms with van der Waals surface area (Å²) in [5, 5.41) is 0.718. The van der Waals surface area contributed by atoms with Gasteiger partial charge in [-0.1, -0.05) is 48.6 Å². The molecule has 2 aromatic carbocycles. The number of benzene rings is 2. The molecule has 0 N–H and O–H groups in total. The van der Waals surface area contributed by atoms with Crippen molar-refractivity contribution in [2.24, 2.45) is 0 Å². The average molecular weight is 432 g/mol. The van der Waals surface area contributed by atoms with E-state index in [1.807, 2.05) is 37.3 Å². The van der Waals surface area contributed by atoms with Gasteiger partial charge in [0.2, 0.25) is 5.91 Å². The Balaban J connectivity index is 1.69. The average Bonchev–Trinajstić information content (AvgIpc) is 3.22. The number of aromatic nitrogens is 2. The third-order valence-electron chi connectivity index (χ3n) is 5.28. The number of amides is 1. The number of para-hydroxylation sites is 1. The lowest BCUT2D eigenvalue weighted by atomic mass is 10.1. The summed E-state index contributed by atoms with van der Waals surface area (Å²) in [4.78, 5) is 24.3. The van der Waals surface area contributed by atoms with Gasteiger partial charge in [-0.3, -0.25) is 14.7 Å². The smallest absolute Gasteiger partial charge is 0.233 e. The molecular formula is C25H25N3O2S. The van der Waals surface area contributed by atoms with Crippen molar-refractivity contribution in [2.75, 3.05) is 12.0 Å². The molecule has 0 saturated carbocycles. The van der Waals surface area contributed by atoms with Crippen molar-refractivity contribution < 1.29 is 9.53 Å². The van der Waals surface area contributed by atoms with Gasteiger partial charge in [-0.15, -0.1) is 0 Å². The molecule has 158 valence electrons. The van der Waals surface area contributed by atoms with Crippen LogP contribution in [0, 0.1) is 6.92 Å². The molecule has 1 amide bonds. The number of rotatable bonds is 7. The number of anilines is 1. The molecule has 5 nitrogen and oxygen atoms in total. The van der Waals surface area contributed by atoms with Crippen LogP contribution in [0.2, 0.25) is 0 Å². The quantitative estimate of drug-likeness (QED) is 0.396.